The van der Waals surface area contributed by atoms with Crippen LogP contribution in [0.5, 0.6) is 0 Å². The summed E-state index contributed by atoms with van der Waals surface area (Å²) in [7, 11) is 0. The number of allylic oxidation sites excluding steroid dienone is 2. The van der Waals surface area contributed by atoms with E-state index in [0.29, 0.717) is 6.08 Å². The number of carboxylic acid groups (broad SMARTS) is 4. The minimum Gasteiger partial charge on any atom is -0.480 e. The van der Waals surface area contributed by atoms with Gasteiger partial charge in [0, 0.05) is 12.4 Å². The van der Waals surface area contributed by atoms with Crippen molar-refractivity contribution in [1.29, 1.82) is 0 Å². The molecule has 0 radical (unpaired) electrons. The highest BCUT2D eigenvalue weighted by Gasteiger charge is 2.71. The van der Waals surface area contributed by atoms with E-state index in [1.807, 2.05) is 5.32 Å². The van der Waals surface area contributed by atoms with Gasteiger partial charge in [-0.15, -0.1) is 0 Å². The first-order valence-corrected chi connectivity index (χ1v) is 9.57. The van der Waals surface area contributed by atoms with Crippen LogP contribution in [0.15, 0.2) is 72.6 Å². The van der Waals surface area contributed by atoms with Crippen molar-refractivity contribution in [3.05, 3.63) is 84.0 Å². The number of rotatable bonds is 8. The molecule has 1 aliphatic carbocycles. The van der Waals surface area contributed by atoms with Crippen molar-refractivity contribution in [3.8, 4) is 0 Å². The molecule has 0 aliphatic heterocycles. The zero-order valence-electron chi connectivity index (χ0n) is 17.2. The predicted molar refractivity (Wildman–Crippen MR) is 111 cm³/mol. The summed E-state index contributed by atoms with van der Waals surface area (Å²) in [6, 6.07) is 6.05. The largest absolute Gasteiger partial charge is 0.480 e. The summed E-state index contributed by atoms with van der Waals surface area (Å²) in [4.78, 5) is 70.7. The van der Waals surface area contributed by atoms with Crippen LogP contribution in [0.1, 0.15) is 17.4 Å². The van der Waals surface area contributed by atoms with Gasteiger partial charge in [0.2, 0.25) is 5.91 Å². The summed E-state index contributed by atoms with van der Waals surface area (Å²) >= 11 is 0. The van der Waals surface area contributed by atoms with E-state index in [2.05, 4.69) is 9.97 Å². The number of nitrogens with one attached hydrogen (secondary N) is 1. The van der Waals surface area contributed by atoms with Gasteiger partial charge in [-0.05, 0) is 24.3 Å². The molecule has 12 heteroatoms. The molecule has 2 aromatic rings. The Morgan fingerprint density at radius 1 is 0.853 bits per heavy atom. The molecule has 0 bridgehead atoms. The minimum atomic E-state index is -3.14. The Morgan fingerprint density at radius 2 is 1.50 bits per heavy atom. The number of amides is 1. The third kappa shape index (κ3) is 3.46. The Labute approximate surface area is 190 Å². The lowest BCUT2D eigenvalue weighted by atomic mass is 9.54. The van der Waals surface area contributed by atoms with E-state index in [4.69, 9.17) is 0 Å². The summed E-state index contributed by atoms with van der Waals surface area (Å²) in [5, 5.41) is 42.0. The molecule has 0 aromatic carbocycles. The lowest BCUT2D eigenvalue weighted by Crippen LogP contribution is -2.65. The smallest absolute Gasteiger partial charge is 0.333 e. The van der Waals surface area contributed by atoms with Crippen LogP contribution in [0.4, 0.5) is 0 Å². The SMILES string of the molecule is O=C(O)C1=CC=CC(C(=O)O)(C(=O)NC(C(=O)O)c2ccccn2)C1(C(=O)O)c1ccccn1. The molecule has 0 saturated heterocycles. The molecule has 3 unspecified atom stereocenters. The van der Waals surface area contributed by atoms with E-state index in [0.717, 1.165) is 24.4 Å². The number of carboxylic acids is 4. The maximum absolute atomic E-state index is 13.6. The first-order valence-electron chi connectivity index (χ1n) is 9.57. The van der Waals surface area contributed by atoms with Gasteiger partial charge in [0.1, 0.15) is 0 Å². The van der Waals surface area contributed by atoms with Gasteiger partial charge in [0.25, 0.3) is 0 Å². The average Bonchev–Trinajstić information content (AvgIpc) is 2.82. The number of aliphatic carboxylic acids is 4. The van der Waals surface area contributed by atoms with Crippen LogP contribution in [0.3, 0.4) is 0 Å². The molecular weight excluding hydrogens is 450 g/mol. The van der Waals surface area contributed by atoms with Gasteiger partial charge in [-0.1, -0.05) is 30.4 Å². The molecule has 2 heterocycles. The van der Waals surface area contributed by atoms with Crippen molar-refractivity contribution in [2.24, 2.45) is 5.41 Å². The van der Waals surface area contributed by atoms with Crippen molar-refractivity contribution >= 4 is 29.8 Å². The number of carbonyl (C=O) groups excluding carboxylic acids is 1. The fraction of sp³-hybridized carbons (Fsp3) is 0.136. The summed E-state index contributed by atoms with van der Waals surface area (Å²) in [6.07, 6.45) is 4.82. The molecule has 1 aliphatic rings. The highest BCUT2D eigenvalue weighted by Crippen LogP contribution is 2.51. The third-order valence-corrected chi connectivity index (χ3v) is 5.41. The Balaban J connectivity index is 2.32. The van der Waals surface area contributed by atoms with E-state index in [9.17, 15) is 44.4 Å². The fourth-order valence-electron chi connectivity index (χ4n) is 3.93. The van der Waals surface area contributed by atoms with Crippen molar-refractivity contribution in [3.63, 3.8) is 0 Å². The molecule has 1 amide bonds. The summed E-state index contributed by atoms with van der Waals surface area (Å²) in [5.74, 6) is -9.04. The van der Waals surface area contributed by atoms with Gasteiger partial charge in [0.05, 0.1) is 17.0 Å². The normalized spacial score (nSPS) is 22.2. The molecule has 34 heavy (non-hydrogen) atoms. The van der Waals surface area contributed by atoms with Crippen LogP contribution in [-0.4, -0.2) is 60.2 Å². The van der Waals surface area contributed by atoms with Gasteiger partial charge in [-0.2, -0.15) is 0 Å². The van der Waals surface area contributed by atoms with Crippen molar-refractivity contribution in [1.82, 2.24) is 15.3 Å². The van der Waals surface area contributed by atoms with Crippen LogP contribution in [0, 0.1) is 5.41 Å². The molecule has 0 spiro atoms. The fourth-order valence-corrected chi connectivity index (χ4v) is 3.93. The second kappa shape index (κ2) is 8.94. The number of aromatic nitrogens is 2. The predicted octanol–water partition coefficient (Wildman–Crippen LogP) is 0.393. The van der Waals surface area contributed by atoms with Gasteiger partial charge in [-0.25, -0.2) is 9.59 Å². The molecule has 12 nitrogen and oxygen atoms in total. The van der Waals surface area contributed by atoms with Crippen molar-refractivity contribution in [2.45, 2.75) is 11.5 Å². The van der Waals surface area contributed by atoms with E-state index < -0.39 is 57.9 Å². The van der Waals surface area contributed by atoms with Crippen LogP contribution >= 0.6 is 0 Å². The Morgan fingerprint density at radius 3 is 1.97 bits per heavy atom. The summed E-state index contributed by atoms with van der Waals surface area (Å²) in [6.45, 7) is 0. The number of hydrogen-bond donors (Lipinski definition) is 5. The Bertz CT molecular complexity index is 1230. The molecule has 3 atom stereocenters. The Kier molecular flexibility index (Phi) is 6.25. The molecular formula is C22H17N3O9. The minimum absolute atomic E-state index is 0.170. The highest BCUT2D eigenvalue weighted by atomic mass is 16.4. The maximum Gasteiger partial charge on any atom is 0.333 e. The first-order chi connectivity index (χ1) is 16.1. The Hall–Kier alpha value is -4.87. The zero-order chi connectivity index (χ0) is 25.1. The lowest BCUT2D eigenvalue weighted by Gasteiger charge is -2.43. The van der Waals surface area contributed by atoms with E-state index in [1.54, 1.807) is 0 Å². The second-order valence-electron chi connectivity index (χ2n) is 7.13. The number of carbonyl (C=O) groups is 5. The highest BCUT2D eigenvalue weighted by molar-refractivity contribution is 6.16. The topological polar surface area (TPSA) is 204 Å². The summed E-state index contributed by atoms with van der Waals surface area (Å²) in [5.41, 5.74) is -7.88. The quantitative estimate of drug-likeness (QED) is 0.336. The lowest BCUT2D eigenvalue weighted by molar-refractivity contribution is -0.167. The van der Waals surface area contributed by atoms with Crippen LogP contribution in [0.25, 0.3) is 0 Å². The van der Waals surface area contributed by atoms with E-state index in [-0.39, 0.29) is 5.69 Å². The third-order valence-electron chi connectivity index (χ3n) is 5.41. The number of nitrogens with zero attached hydrogens (tertiary/aromatic N) is 2. The van der Waals surface area contributed by atoms with Crippen LogP contribution < -0.4 is 5.32 Å². The van der Waals surface area contributed by atoms with Crippen LogP contribution in [-0.2, 0) is 29.4 Å². The molecule has 2 aromatic heterocycles. The number of hydrogen-bond acceptors (Lipinski definition) is 7. The van der Waals surface area contributed by atoms with Gasteiger partial charge in [0.15, 0.2) is 16.9 Å². The second-order valence-corrected chi connectivity index (χ2v) is 7.13. The van der Waals surface area contributed by atoms with Gasteiger partial charge in [-0.3, -0.25) is 24.4 Å². The van der Waals surface area contributed by atoms with E-state index >= 15 is 0 Å². The molecule has 3 rings (SSSR count). The van der Waals surface area contributed by atoms with Gasteiger partial charge < -0.3 is 25.7 Å². The standard InChI is InChI=1S/C22H17N3O9/c26-16(27)12-6-5-9-21(19(31)32,22(12,20(33)34)14-8-2-4-11-24-14)18(30)25-15(17(28)29)13-7-1-3-10-23-13/h1-11,15H,(H,25,30)(H,26,27)(H,28,29)(H,31,32)(H,33,34). The van der Waals surface area contributed by atoms with Gasteiger partial charge >= 0.3 is 23.9 Å². The van der Waals surface area contributed by atoms with Crippen molar-refractivity contribution in [2.75, 3.05) is 0 Å². The first kappa shape index (κ1) is 23.8. The maximum atomic E-state index is 13.6. The molecule has 174 valence electrons. The average molecular weight is 467 g/mol. The molecule has 5 N–H and O–H groups in total. The molecule has 0 fully saturated rings. The van der Waals surface area contributed by atoms with Crippen LogP contribution in [0.2, 0.25) is 0 Å². The zero-order valence-corrected chi connectivity index (χ0v) is 17.2. The summed E-state index contributed by atoms with van der Waals surface area (Å²) < 4.78 is 0. The monoisotopic (exact) mass is 467 g/mol. The number of pyridine rings is 2. The van der Waals surface area contributed by atoms with Crippen molar-refractivity contribution < 1.29 is 44.4 Å². The van der Waals surface area contributed by atoms with E-state index in [1.165, 1.54) is 36.5 Å². The molecule has 0 saturated carbocycles.